The van der Waals surface area contributed by atoms with Crippen molar-refractivity contribution in [3.8, 4) is 0 Å². The molecule has 5 nitrogen and oxygen atoms in total. The van der Waals surface area contributed by atoms with Crippen molar-refractivity contribution >= 4 is 21.4 Å². The van der Waals surface area contributed by atoms with Gasteiger partial charge in [0.1, 0.15) is 0 Å². The Bertz CT molecular complexity index is 604. The molecule has 1 aliphatic rings. The fourth-order valence-electron chi connectivity index (χ4n) is 2.31. The van der Waals surface area contributed by atoms with Crippen molar-refractivity contribution in [1.29, 1.82) is 0 Å². The first-order valence-corrected chi connectivity index (χ1v) is 9.33. The molecule has 0 spiro atoms. The van der Waals surface area contributed by atoms with Crippen molar-refractivity contribution in [3.05, 3.63) is 24.3 Å². The van der Waals surface area contributed by atoms with Gasteiger partial charge in [-0.1, -0.05) is 13.8 Å². The Labute approximate surface area is 132 Å². The van der Waals surface area contributed by atoms with Gasteiger partial charge in [0.15, 0.2) is 9.84 Å². The molecule has 6 heteroatoms. The number of amides is 1. The van der Waals surface area contributed by atoms with E-state index in [1.54, 1.807) is 12.1 Å². The van der Waals surface area contributed by atoms with Crippen LogP contribution in [-0.4, -0.2) is 32.8 Å². The fourth-order valence-corrected chi connectivity index (χ4v) is 3.81. The molecule has 0 aliphatic carbocycles. The molecule has 2 atom stereocenters. The van der Waals surface area contributed by atoms with E-state index < -0.39 is 9.84 Å². The second-order valence-corrected chi connectivity index (χ2v) is 7.77. The number of rotatable bonds is 6. The van der Waals surface area contributed by atoms with Gasteiger partial charge in [-0.3, -0.25) is 4.79 Å². The Hall–Kier alpha value is -1.40. The van der Waals surface area contributed by atoms with Gasteiger partial charge in [0.2, 0.25) is 5.91 Å². The maximum atomic E-state index is 12.3. The van der Waals surface area contributed by atoms with Crippen molar-refractivity contribution in [2.24, 2.45) is 5.92 Å². The number of sulfone groups is 1. The summed E-state index contributed by atoms with van der Waals surface area (Å²) in [7, 11) is -3.35. The van der Waals surface area contributed by atoms with Crippen molar-refractivity contribution in [2.45, 2.75) is 44.1 Å². The zero-order chi connectivity index (χ0) is 16.2. The van der Waals surface area contributed by atoms with E-state index in [1.807, 2.05) is 13.8 Å². The van der Waals surface area contributed by atoms with Crippen molar-refractivity contribution in [3.63, 3.8) is 0 Å². The first-order chi connectivity index (χ1) is 10.4. The number of carbonyl (C=O) groups is 1. The minimum absolute atomic E-state index is 0.0194. The zero-order valence-corrected chi connectivity index (χ0v) is 13.9. The number of benzene rings is 1. The molecule has 1 aromatic carbocycles. The molecule has 1 fully saturated rings. The number of ether oxygens (including phenoxy) is 1. The van der Waals surface area contributed by atoms with E-state index in [0.29, 0.717) is 12.3 Å². The molecule has 1 aromatic rings. The minimum atomic E-state index is -3.35. The fraction of sp³-hybridized carbons (Fsp3) is 0.562. The lowest BCUT2D eigenvalue weighted by Crippen LogP contribution is -2.21. The third-order valence-electron chi connectivity index (χ3n) is 3.97. The van der Waals surface area contributed by atoms with Gasteiger partial charge in [0.25, 0.3) is 0 Å². The molecular weight excluding hydrogens is 302 g/mol. The van der Waals surface area contributed by atoms with E-state index in [4.69, 9.17) is 4.74 Å². The predicted octanol–water partition coefficient (Wildman–Crippen LogP) is 2.62. The summed E-state index contributed by atoms with van der Waals surface area (Å²) in [6.07, 6.45) is 2.28. The molecular formula is C16H23NO4S. The number of nitrogens with one attached hydrogen (secondary N) is 1. The highest BCUT2D eigenvalue weighted by Crippen LogP contribution is 2.21. The number of hydrogen-bond acceptors (Lipinski definition) is 4. The van der Waals surface area contributed by atoms with Crippen LogP contribution in [0.15, 0.2) is 29.2 Å². The maximum absolute atomic E-state index is 12.3. The zero-order valence-electron chi connectivity index (χ0n) is 13.0. The van der Waals surface area contributed by atoms with E-state index in [1.165, 1.54) is 12.1 Å². The Balaban J connectivity index is 2.03. The topological polar surface area (TPSA) is 72.5 Å². The summed E-state index contributed by atoms with van der Waals surface area (Å²) < 4.78 is 30.0. The SMILES string of the molecule is CC[C@@H](C)C(=O)Nc1ccc(S(=O)(=O)C[C@H]2CCCO2)cc1. The van der Waals surface area contributed by atoms with Crippen LogP contribution >= 0.6 is 0 Å². The smallest absolute Gasteiger partial charge is 0.227 e. The monoisotopic (exact) mass is 325 g/mol. The van der Waals surface area contributed by atoms with Gasteiger partial charge in [0, 0.05) is 18.2 Å². The van der Waals surface area contributed by atoms with Crippen LogP contribution in [0, 0.1) is 5.92 Å². The average molecular weight is 325 g/mol. The van der Waals surface area contributed by atoms with Crippen LogP contribution < -0.4 is 5.32 Å². The van der Waals surface area contributed by atoms with Gasteiger partial charge in [-0.25, -0.2) is 8.42 Å². The van der Waals surface area contributed by atoms with Gasteiger partial charge in [0.05, 0.1) is 16.8 Å². The molecule has 0 unspecified atom stereocenters. The van der Waals surface area contributed by atoms with E-state index in [-0.39, 0.29) is 28.6 Å². The molecule has 2 rings (SSSR count). The second-order valence-electron chi connectivity index (χ2n) is 5.74. The Morgan fingerprint density at radius 1 is 1.36 bits per heavy atom. The second kappa shape index (κ2) is 7.24. The molecule has 0 bridgehead atoms. The Morgan fingerprint density at radius 3 is 2.59 bits per heavy atom. The normalized spacial score (nSPS) is 19.8. The summed E-state index contributed by atoms with van der Waals surface area (Å²) in [6, 6.07) is 6.33. The van der Waals surface area contributed by atoms with Crippen LogP contribution in [0.25, 0.3) is 0 Å². The number of hydrogen-bond donors (Lipinski definition) is 1. The van der Waals surface area contributed by atoms with Crippen LogP contribution in [0.4, 0.5) is 5.69 Å². The average Bonchev–Trinajstić information content (AvgIpc) is 2.99. The lowest BCUT2D eigenvalue weighted by atomic mass is 10.1. The third kappa shape index (κ3) is 4.30. The van der Waals surface area contributed by atoms with Crippen molar-refractivity contribution in [1.82, 2.24) is 0 Å². The highest BCUT2D eigenvalue weighted by atomic mass is 32.2. The summed E-state index contributed by atoms with van der Waals surface area (Å²) >= 11 is 0. The summed E-state index contributed by atoms with van der Waals surface area (Å²) in [4.78, 5) is 12.1. The third-order valence-corrected chi connectivity index (χ3v) is 5.77. The lowest BCUT2D eigenvalue weighted by molar-refractivity contribution is -0.119. The number of carbonyl (C=O) groups excluding carboxylic acids is 1. The number of anilines is 1. The maximum Gasteiger partial charge on any atom is 0.227 e. The van der Waals surface area contributed by atoms with Gasteiger partial charge < -0.3 is 10.1 Å². The summed E-state index contributed by atoms with van der Waals surface area (Å²) in [6.45, 7) is 4.45. The molecule has 1 aliphatic heterocycles. The molecule has 0 aromatic heterocycles. The summed E-state index contributed by atoms with van der Waals surface area (Å²) in [5.41, 5.74) is 0.612. The molecule has 1 amide bonds. The molecule has 1 saturated heterocycles. The Morgan fingerprint density at radius 2 is 2.05 bits per heavy atom. The Kier molecular flexibility index (Phi) is 5.58. The molecule has 122 valence electrons. The molecule has 1 N–H and O–H groups in total. The van der Waals surface area contributed by atoms with E-state index in [2.05, 4.69) is 5.32 Å². The first kappa shape index (κ1) is 17.0. The molecule has 0 saturated carbocycles. The highest BCUT2D eigenvalue weighted by Gasteiger charge is 2.24. The lowest BCUT2D eigenvalue weighted by Gasteiger charge is -2.12. The summed E-state index contributed by atoms with van der Waals surface area (Å²) in [5, 5.41) is 2.79. The van der Waals surface area contributed by atoms with E-state index in [9.17, 15) is 13.2 Å². The van der Waals surface area contributed by atoms with E-state index in [0.717, 1.165) is 19.3 Å². The summed E-state index contributed by atoms with van der Waals surface area (Å²) in [5.74, 6) is -0.105. The standard InChI is InChI=1S/C16H23NO4S/c1-3-12(2)16(18)17-13-6-8-15(9-7-13)22(19,20)11-14-5-4-10-21-14/h6-9,12,14H,3-5,10-11H2,1-2H3,(H,17,18)/t12-,14-/m1/s1. The van der Waals surface area contributed by atoms with Gasteiger partial charge in [-0.2, -0.15) is 0 Å². The van der Waals surface area contributed by atoms with Gasteiger partial charge in [-0.05, 0) is 43.5 Å². The van der Waals surface area contributed by atoms with Crippen LogP contribution in [-0.2, 0) is 19.4 Å². The van der Waals surface area contributed by atoms with Crippen molar-refractivity contribution in [2.75, 3.05) is 17.7 Å². The largest absolute Gasteiger partial charge is 0.377 e. The minimum Gasteiger partial charge on any atom is -0.377 e. The first-order valence-electron chi connectivity index (χ1n) is 7.67. The van der Waals surface area contributed by atoms with Crippen LogP contribution in [0.2, 0.25) is 0 Å². The molecule has 0 radical (unpaired) electrons. The predicted molar refractivity (Wildman–Crippen MR) is 85.6 cm³/mol. The van der Waals surface area contributed by atoms with Crippen LogP contribution in [0.3, 0.4) is 0 Å². The van der Waals surface area contributed by atoms with Gasteiger partial charge >= 0.3 is 0 Å². The quantitative estimate of drug-likeness (QED) is 0.872. The van der Waals surface area contributed by atoms with Gasteiger partial charge in [-0.15, -0.1) is 0 Å². The van der Waals surface area contributed by atoms with Crippen LogP contribution in [0.5, 0.6) is 0 Å². The van der Waals surface area contributed by atoms with E-state index >= 15 is 0 Å². The highest BCUT2D eigenvalue weighted by molar-refractivity contribution is 7.91. The molecule has 1 heterocycles. The van der Waals surface area contributed by atoms with Crippen LogP contribution in [0.1, 0.15) is 33.1 Å². The molecule has 22 heavy (non-hydrogen) atoms. The van der Waals surface area contributed by atoms with Crippen molar-refractivity contribution < 1.29 is 17.9 Å².